The Kier molecular flexibility index (Phi) is 6.75. The van der Waals surface area contributed by atoms with Crippen molar-refractivity contribution in [2.45, 2.75) is 39.3 Å². The van der Waals surface area contributed by atoms with E-state index in [2.05, 4.69) is 21.8 Å². The van der Waals surface area contributed by atoms with E-state index in [9.17, 15) is 0 Å². The van der Waals surface area contributed by atoms with E-state index in [1.807, 2.05) is 13.1 Å². The average molecular weight is 255 g/mol. The predicted molar refractivity (Wildman–Crippen MR) is 73.0 cm³/mol. The fourth-order valence-electron chi connectivity index (χ4n) is 1.95. The quantitative estimate of drug-likeness (QED) is 0.734. The van der Waals surface area contributed by atoms with Crippen LogP contribution in [0, 0.1) is 6.92 Å². The molecule has 1 aromatic rings. The first-order valence-corrected chi connectivity index (χ1v) is 6.49. The van der Waals surface area contributed by atoms with Gasteiger partial charge in [-0.2, -0.15) is 0 Å². The topological polar surface area (TPSA) is 48.3 Å². The van der Waals surface area contributed by atoms with E-state index >= 15 is 0 Å². The van der Waals surface area contributed by atoms with Crippen molar-refractivity contribution in [2.24, 2.45) is 0 Å². The molecule has 1 heterocycles. The lowest BCUT2D eigenvalue weighted by atomic mass is 10.2. The van der Waals surface area contributed by atoms with Crippen LogP contribution in [0.5, 0.6) is 0 Å². The van der Waals surface area contributed by atoms with Crippen molar-refractivity contribution in [3.8, 4) is 0 Å². The van der Waals surface area contributed by atoms with E-state index in [1.165, 1.54) is 0 Å². The zero-order chi connectivity index (χ0) is 13.4. The van der Waals surface area contributed by atoms with E-state index in [0.29, 0.717) is 19.3 Å². The summed E-state index contributed by atoms with van der Waals surface area (Å²) in [5, 5.41) is 3.45. The minimum atomic E-state index is 0.308. The highest BCUT2D eigenvalue weighted by Gasteiger charge is 2.12. The summed E-state index contributed by atoms with van der Waals surface area (Å²) < 4.78 is 12.4. The monoisotopic (exact) mass is 255 g/mol. The number of rotatable bonds is 9. The minimum Gasteiger partial charge on any atom is -0.383 e. The first kappa shape index (κ1) is 15.0. The maximum atomic E-state index is 5.23. The van der Waals surface area contributed by atoms with Crippen LogP contribution in [0.15, 0.2) is 6.20 Å². The molecule has 1 N–H and O–H groups in total. The predicted octanol–water partition coefficient (Wildman–Crippen LogP) is 2.06. The molecule has 5 nitrogen and oxygen atoms in total. The summed E-state index contributed by atoms with van der Waals surface area (Å²) >= 11 is 0. The molecule has 0 amide bonds. The number of aromatic nitrogens is 2. The van der Waals surface area contributed by atoms with Gasteiger partial charge in [-0.3, -0.25) is 0 Å². The third-order valence-corrected chi connectivity index (χ3v) is 2.77. The van der Waals surface area contributed by atoms with Crippen molar-refractivity contribution in [1.29, 1.82) is 0 Å². The molecule has 0 aromatic carbocycles. The van der Waals surface area contributed by atoms with Gasteiger partial charge in [0.2, 0.25) is 5.95 Å². The van der Waals surface area contributed by atoms with Crippen LogP contribution < -0.4 is 5.32 Å². The zero-order valence-corrected chi connectivity index (χ0v) is 11.9. The van der Waals surface area contributed by atoms with E-state index in [4.69, 9.17) is 9.47 Å². The lowest BCUT2D eigenvalue weighted by Crippen LogP contribution is -2.26. The third-order valence-electron chi connectivity index (χ3n) is 2.77. The second-order valence-electron chi connectivity index (χ2n) is 4.48. The second-order valence-corrected chi connectivity index (χ2v) is 4.48. The molecule has 0 saturated heterocycles. The lowest BCUT2D eigenvalue weighted by Gasteiger charge is -2.18. The van der Waals surface area contributed by atoms with Gasteiger partial charge < -0.3 is 19.4 Å². The smallest absolute Gasteiger partial charge is 0.203 e. The molecule has 18 heavy (non-hydrogen) atoms. The summed E-state index contributed by atoms with van der Waals surface area (Å²) in [6.45, 7) is 6.37. The second kappa shape index (κ2) is 8.11. The largest absolute Gasteiger partial charge is 0.383 e. The Hall–Kier alpha value is -1.07. The summed E-state index contributed by atoms with van der Waals surface area (Å²) in [6, 6.07) is 0.308. The maximum Gasteiger partial charge on any atom is 0.203 e. The zero-order valence-electron chi connectivity index (χ0n) is 11.9. The van der Waals surface area contributed by atoms with Gasteiger partial charge in [0.15, 0.2) is 0 Å². The van der Waals surface area contributed by atoms with Gasteiger partial charge in [0.25, 0.3) is 0 Å². The highest BCUT2D eigenvalue weighted by molar-refractivity contribution is 5.30. The van der Waals surface area contributed by atoms with Gasteiger partial charge in [-0.1, -0.05) is 13.3 Å². The van der Waals surface area contributed by atoms with Gasteiger partial charge in [-0.15, -0.1) is 0 Å². The molecule has 5 heteroatoms. The molecule has 0 bridgehead atoms. The molecule has 0 saturated carbocycles. The summed E-state index contributed by atoms with van der Waals surface area (Å²) in [6.07, 6.45) is 4.24. The van der Waals surface area contributed by atoms with Crippen molar-refractivity contribution >= 4 is 5.95 Å². The van der Waals surface area contributed by atoms with Gasteiger partial charge in [0, 0.05) is 27.0 Å². The number of nitrogens with one attached hydrogen (secondary N) is 1. The number of anilines is 1. The van der Waals surface area contributed by atoms with E-state index in [-0.39, 0.29) is 0 Å². The summed E-state index contributed by atoms with van der Waals surface area (Å²) in [5.74, 6) is 0.903. The van der Waals surface area contributed by atoms with Crippen LogP contribution in [0.3, 0.4) is 0 Å². The first-order chi connectivity index (χ1) is 8.71. The summed E-state index contributed by atoms with van der Waals surface area (Å²) in [4.78, 5) is 4.51. The van der Waals surface area contributed by atoms with Crippen LogP contribution in [0.4, 0.5) is 5.95 Å². The maximum absolute atomic E-state index is 5.23. The Bertz CT molecular complexity index is 333. The van der Waals surface area contributed by atoms with E-state index in [1.54, 1.807) is 14.2 Å². The molecule has 0 aliphatic rings. The molecule has 104 valence electrons. The summed E-state index contributed by atoms with van der Waals surface area (Å²) in [5.41, 5.74) is 1.02. The molecule has 0 radical (unpaired) electrons. The number of aryl methyl sites for hydroxylation is 1. The molecule has 0 spiro atoms. The van der Waals surface area contributed by atoms with Gasteiger partial charge in [0.05, 0.1) is 24.9 Å². The Morgan fingerprint density at radius 3 is 2.78 bits per heavy atom. The molecule has 1 aromatic heterocycles. The molecule has 0 fully saturated rings. The van der Waals surface area contributed by atoms with Crippen molar-refractivity contribution in [3.63, 3.8) is 0 Å². The molecule has 0 aliphatic heterocycles. The van der Waals surface area contributed by atoms with Crippen LogP contribution in [0.25, 0.3) is 0 Å². The number of hydrogen-bond donors (Lipinski definition) is 1. The van der Waals surface area contributed by atoms with E-state index in [0.717, 1.165) is 31.0 Å². The van der Waals surface area contributed by atoms with E-state index < -0.39 is 0 Å². The highest BCUT2D eigenvalue weighted by atomic mass is 16.5. The Labute approximate surface area is 109 Å². The average Bonchev–Trinajstić information content (AvgIpc) is 2.67. The molecular formula is C13H25N3O2. The minimum absolute atomic E-state index is 0.308. The Morgan fingerprint density at radius 2 is 2.17 bits per heavy atom. The molecule has 0 aliphatic carbocycles. The Morgan fingerprint density at radius 1 is 1.39 bits per heavy atom. The van der Waals surface area contributed by atoms with Gasteiger partial charge in [0.1, 0.15) is 0 Å². The number of imidazole rings is 1. The molecule has 1 rings (SSSR count). The van der Waals surface area contributed by atoms with Crippen LogP contribution in [0.2, 0.25) is 0 Å². The number of ether oxygens (including phenoxy) is 2. The van der Waals surface area contributed by atoms with Crippen molar-refractivity contribution in [1.82, 2.24) is 9.55 Å². The Balaban J connectivity index is 2.67. The molecule has 1 atom stereocenters. The first-order valence-electron chi connectivity index (χ1n) is 6.49. The normalized spacial score (nSPS) is 12.7. The fraction of sp³-hybridized carbons (Fsp3) is 0.769. The van der Waals surface area contributed by atoms with Crippen molar-refractivity contribution in [3.05, 3.63) is 11.9 Å². The number of methoxy groups -OCH3 is 2. The standard InChI is InChI=1S/C13H25N3O2/c1-5-6-12(10-18-4)15-13-14-11(2)9-16(13)7-8-17-3/h9,12H,5-8,10H2,1-4H3,(H,14,15). The SMILES string of the molecule is CCCC(COC)Nc1nc(C)cn1CCOC. The van der Waals surface area contributed by atoms with Crippen LogP contribution in [0.1, 0.15) is 25.5 Å². The highest BCUT2D eigenvalue weighted by Crippen LogP contribution is 2.12. The molecule has 1 unspecified atom stereocenters. The van der Waals surface area contributed by atoms with Crippen LogP contribution in [-0.4, -0.2) is 43.0 Å². The lowest BCUT2D eigenvalue weighted by molar-refractivity contribution is 0.180. The summed E-state index contributed by atoms with van der Waals surface area (Å²) in [7, 11) is 3.44. The fourth-order valence-corrected chi connectivity index (χ4v) is 1.95. The molecular weight excluding hydrogens is 230 g/mol. The van der Waals surface area contributed by atoms with Crippen molar-refractivity contribution in [2.75, 3.05) is 32.8 Å². The van der Waals surface area contributed by atoms with Gasteiger partial charge in [-0.25, -0.2) is 4.98 Å². The third kappa shape index (κ3) is 4.66. The number of nitrogens with zero attached hydrogens (tertiary/aromatic N) is 2. The van der Waals surface area contributed by atoms with Crippen LogP contribution in [-0.2, 0) is 16.0 Å². The van der Waals surface area contributed by atoms with Gasteiger partial charge in [-0.05, 0) is 13.3 Å². The van der Waals surface area contributed by atoms with Crippen LogP contribution >= 0.6 is 0 Å². The van der Waals surface area contributed by atoms with Crippen molar-refractivity contribution < 1.29 is 9.47 Å². The number of hydrogen-bond acceptors (Lipinski definition) is 4. The van der Waals surface area contributed by atoms with Gasteiger partial charge >= 0.3 is 0 Å².